The van der Waals surface area contributed by atoms with Crippen molar-refractivity contribution < 1.29 is 19.1 Å². The van der Waals surface area contributed by atoms with E-state index in [1.807, 2.05) is 33.8 Å². The minimum absolute atomic E-state index is 0.0647. The van der Waals surface area contributed by atoms with E-state index in [-0.39, 0.29) is 16.0 Å². The SMILES string of the molecule is Cc1cnc2c(c1)C1(CCN(C(=O)OC(C)(C)C)CC1I)OC2=O. The predicted octanol–water partition coefficient (Wildman–Crippen LogP) is 3.20. The van der Waals surface area contributed by atoms with Crippen LogP contribution < -0.4 is 0 Å². The highest BCUT2D eigenvalue weighted by Gasteiger charge is 2.54. The lowest BCUT2D eigenvalue weighted by Gasteiger charge is -2.42. The van der Waals surface area contributed by atoms with Crippen LogP contribution in [0.4, 0.5) is 4.79 Å². The Morgan fingerprint density at radius 3 is 2.83 bits per heavy atom. The van der Waals surface area contributed by atoms with E-state index >= 15 is 0 Å². The van der Waals surface area contributed by atoms with Crippen LogP contribution in [0, 0.1) is 6.92 Å². The highest BCUT2D eigenvalue weighted by atomic mass is 127. The largest absolute Gasteiger partial charge is 0.448 e. The first-order valence-electron chi connectivity index (χ1n) is 7.95. The summed E-state index contributed by atoms with van der Waals surface area (Å²) in [6.07, 6.45) is 1.90. The Morgan fingerprint density at radius 1 is 1.50 bits per heavy atom. The van der Waals surface area contributed by atoms with Crippen molar-refractivity contribution in [3.8, 4) is 0 Å². The molecule has 7 heteroatoms. The van der Waals surface area contributed by atoms with Gasteiger partial charge in [0, 0.05) is 31.3 Å². The average molecular weight is 444 g/mol. The molecule has 1 fully saturated rings. The van der Waals surface area contributed by atoms with Gasteiger partial charge in [-0.1, -0.05) is 22.6 Å². The van der Waals surface area contributed by atoms with Crippen molar-refractivity contribution in [2.24, 2.45) is 0 Å². The predicted molar refractivity (Wildman–Crippen MR) is 96.3 cm³/mol. The summed E-state index contributed by atoms with van der Waals surface area (Å²) < 4.78 is 11.2. The third kappa shape index (κ3) is 2.98. The van der Waals surface area contributed by atoms with E-state index in [2.05, 4.69) is 27.6 Å². The molecule has 1 spiro atoms. The third-order valence-electron chi connectivity index (χ3n) is 4.24. The summed E-state index contributed by atoms with van der Waals surface area (Å²) in [5.41, 5.74) is 0.999. The van der Waals surface area contributed by atoms with Gasteiger partial charge in [-0.05, 0) is 39.3 Å². The first-order chi connectivity index (χ1) is 11.1. The molecule has 130 valence electrons. The van der Waals surface area contributed by atoms with Gasteiger partial charge < -0.3 is 14.4 Å². The van der Waals surface area contributed by atoms with Crippen LogP contribution in [0.15, 0.2) is 12.3 Å². The summed E-state index contributed by atoms with van der Waals surface area (Å²) in [7, 11) is 0. The molecule has 3 rings (SSSR count). The van der Waals surface area contributed by atoms with Gasteiger partial charge in [-0.2, -0.15) is 0 Å². The molecule has 0 aliphatic carbocycles. The van der Waals surface area contributed by atoms with E-state index in [1.165, 1.54) is 0 Å². The number of piperidine rings is 1. The Hall–Kier alpha value is -1.38. The topological polar surface area (TPSA) is 68.7 Å². The molecule has 2 aliphatic rings. The highest BCUT2D eigenvalue weighted by Crippen LogP contribution is 2.46. The van der Waals surface area contributed by atoms with Crippen LogP contribution in [0.3, 0.4) is 0 Å². The monoisotopic (exact) mass is 444 g/mol. The van der Waals surface area contributed by atoms with Crippen molar-refractivity contribution in [3.05, 3.63) is 29.1 Å². The molecule has 0 N–H and O–H groups in total. The zero-order valence-electron chi connectivity index (χ0n) is 14.3. The summed E-state index contributed by atoms with van der Waals surface area (Å²) in [6.45, 7) is 8.44. The number of esters is 1. The van der Waals surface area contributed by atoms with Crippen LogP contribution >= 0.6 is 22.6 Å². The number of ether oxygens (including phenoxy) is 2. The number of amides is 1. The molecule has 0 radical (unpaired) electrons. The quantitative estimate of drug-likeness (QED) is 0.349. The van der Waals surface area contributed by atoms with Crippen molar-refractivity contribution in [1.82, 2.24) is 9.88 Å². The van der Waals surface area contributed by atoms with E-state index in [0.29, 0.717) is 25.2 Å². The molecule has 0 bridgehead atoms. The molecule has 2 atom stereocenters. The summed E-state index contributed by atoms with van der Waals surface area (Å²) in [5.74, 6) is -0.377. The van der Waals surface area contributed by atoms with Crippen LogP contribution in [0.5, 0.6) is 0 Å². The van der Waals surface area contributed by atoms with Crippen LogP contribution in [0.1, 0.15) is 48.8 Å². The van der Waals surface area contributed by atoms with Gasteiger partial charge in [0.1, 0.15) is 5.60 Å². The molecule has 1 aromatic heterocycles. The fourth-order valence-electron chi connectivity index (χ4n) is 3.12. The lowest BCUT2D eigenvalue weighted by Crippen LogP contribution is -2.53. The maximum atomic E-state index is 12.3. The van der Waals surface area contributed by atoms with Gasteiger partial charge >= 0.3 is 12.1 Å². The third-order valence-corrected chi connectivity index (χ3v) is 5.64. The van der Waals surface area contributed by atoms with Crippen molar-refractivity contribution >= 4 is 34.7 Å². The first-order valence-corrected chi connectivity index (χ1v) is 9.19. The van der Waals surface area contributed by atoms with Crippen molar-refractivity contribution in [3.63, 3.8) is 0 Å². The highest BCUT2D eigenvalue weighted by molar-refractivity contribution is 14.1. The number of aryl methyl sites for hydroxylation is 1. The van der Waals surface area contributed by atoms with Gasteiger partial charge in [-0.3, -0.25) is 0 Å². The molecular formula is C17H21IN2O4. The van der Waals surface area contributed by atoms with E-state index in [1.54, 1.807) is 11.1 Å². The molecule has 1 aromatic rings. The minimum Gasteiger partial charge on any atom is -0.448 e. The number of carbonyl (C=O) groups excluding carboxylic acids is 2. The molecule has 1 amide bonds. The van der Waals surface area contributed by atoms with Gasteiger partial charge in [0.2, 0.25) is 0 Å². The molecule has 0 saturated carbocycles. The first kappa shape index (κ1) is 17.4. The fraction of sp³-hybridized carbons (Fsp3) is 0.588. The smallest absolute Gasteiger partial charge is 0.410 e. The van der Waals surface area contributed by atoms with Crippen LogP contribution in [-0.2, 0) is 15.1 Å². The van der Waals surface area contributed by atoms with Crippen LogP contribution in [-0.4, -0.2) is 44.6 Å². The second kappa shape index (κ2) is 5.86. The second-order valence-electron chi connectivity index (χ2n) is 7.33. The van der Waals surface area contributed by atoms with Gasteiger partial charge in [0.25, 0.3) is 0 Å². The number of halogens is 1. The Balaban J connectivity index is 1.84. The number of likely N-dealkylation sites (tertiary alicyclic amines) is 1. The fourth-order valence-corrected chi connectivity index (χ4v) is 4.37. The number of hydrogen-bond acceptors (Lipinski definition) is 5. The number of pyridine rings is 1. The molecule has 24 heavy (non-hydrogen) atoms. The standard InChI is InChI=1S/C17H21IN2O4/c1-10-7-11-13(19-8-10)14(21)23-17(11)5-6-20(9-12(17)18)15(22)24-16(2,3)4/h7-8,12H,5-6,9H2,1-4H3. The summed E-state index contributed by atoms with van der Waals surface area (Å²) in [5, 5.41) is 0. The van der Waals surface area contributed by atoms with Gasteiger partial charge in [0.05, 0.1) is 3.92 Å². The molecular weight excluding hydrogens is 423 g/mol. The van der Waals surface area contributed by atoms with E-state index < -0.39 is 11.2 Å². The normalized spacial score (nSPS) is 26.3. The van der Waals surface area contributed by atoms with Gasteiger partial charge in [0.15, 0.2) is 11.3 Å². The van der Waals surface area contributed by atoms with Crippen LogP contribution in [0.2, 0.25) is 0 Å². The average Bonchev–Trinajstić information content (AvgIpc) is 2.73. The summed E-state index contributed by atoms with van der Waals surface area (Å²) in [6, 6.07) is 1.97. The Morgan fingerprint density at radius 2 is 2.21 bits per heavy atom. The maximum absolute atomic E-state index is 12.3. The minimum atomic E-state index is -0.704. The number of hydrogen-bond donors (Lipinski definition) is 0. The number of aromatic nitrogens is 1. The Kier molecular flexibility index (Phi) is 4.26. The number of rotatable bonds is 0. The number of alkyl halides is 1. The lowest BCUT2D eigenvalue weighted by molar-refractivity contribution is -0.0399. The number of nitrogens with zero attached hydrogens (tertiary/aromatic N) is 2. The molecule has 3 heterocycles. The zero-order valence-corrected chi connectivity index (χ0v) is 16.4. The van der Waals surface area contributed by atoms with Crippen LogP contribution in [0.25, 0.3) is 0 Å². The molecule has 6 nitrogen and oxygen atoms in total. The second-order valence-corrected chi connectivity index (χ2v) is 8.84. The van der Waals surface area contributed by atoms with Gasteiger partial charge in [-0.15, -0.1) is 0 Å². The summed E-state index contributed by atoms with van der Waals surface area (Å²) in [4.78, 5) is 30.4. The molecule has 2 unspecified atom stereocenters. The van der Waals surface area contributed by atoms with Crippen molar-refractivity contribution in [1.29, 1.82) is 0 Å². The Bertz CT molecular complexity index is 700. The van der Waals surface area contributed by atoms with E-state index in [4.69, 9.17) is 9.47 Å². The van der Waals surface area contributed by atoms with E-state index in [9.17, 15) is 9.59 Å². The number of carbonyl (C=O) groups is 2. The van der Waals surface area contributed by atoms with Crippen molar-refractivity contribution in [2.75, 3.05) is 13.1 Å². The molecule has 1 saturated heterocycles. The van der Waals surface area contributed by atoms with E-state index in [0.717, 1.165) is 11.1 Å². The summed E-state index contributed by atoms with van der Waals surface area (Å²) >= 11 is 2.26. The molecule has 0 aromatic carbocycles. The Labute approximate surface area is 155 Å². The molecule has 2 aliphatic heterocycles. The van der Waals surface area contributed by atoms with Gasteiger partial charge in [-0.25, -0.2) is 14.6 Å². The maximum Gasteiger partial charge on any atom is 0.410 e. The lowest BCUT2D eigenvalue weighted by atomic mass is 9.84. The number of fused-ring (bicyclic) bond motifs is 2. The zero-order chi connectivity index (χ0) is 17.7. The van der Waals surface area contributed by atoms with Crippen molar-refractivity contribution in [2.45, 2.75) is 49.2 Å².